The number of nitrogen functional groups attached to an aromatic ring is 1. The van der Waals surface area contributed by atoms with Crippen LogP contribution in [0.1, 0.15) is 5.56 Å². The summed E-state index contributed by atoms with van der Waals surface area (Å²) in [5, 5.41) is 13.2. The highest BCUT2D eigenvalue weighted by Gasteiger charge is 2.07. The first kappa shape index (κ1) is 9.28. The Hall–Kier alpha value is -2.28. The Labute approximate surface area is 87.6 Å². The van der Waals surface area contributed by atoms with Gasteiger partial charge in [0.05, 0.1) is 17.3 Å². The summed E-state index contributed by atoms with van der Waals surface area (Å²) in [6.07, 6.45) is 1.83. The first-order valence-electron chi connectivity index (χ1n) is 4.50. The predicted molar refractivity (Wildman–Crippen MR) is 57.8 cm³/mol. The summed E-state index contributed by atoms with van der Waals surface area (Å²) in [5.41, 5.74) is 8.44. The number of aryl methyl sites for hydroxylation is 1. The molecule has 2 rings (SSSR count). The number of rotatable bonds is 1. The largest absolute Gasteiger partial charge is 0.399 e. The van der Waals surface area contributed by atoms with E-state index in [0.717, 1.165) is 11.3 Å². The van der Waals surface area contributed by atoms with Gasteiger partial charge in [0.15, 0.2) is 0 Å². The molecular formula is C11H10N4. The molecule has 0 radical (unpaired) electrons. The van der Waals surface area contributed by atoms with E-state index in [9.17, 15) is 0 Å². The SMILES string of the molecule is Cn1ccc(-c2cc(N)ccc2C#N)n1. The van der Waals surface area contributed by atoms with Crippen molar-refractivity contribution in [2.45, 2.75) is 0 Å². The van der Waals surface area contributed by atoms with Crippen LogP contribution in [0.3, 0.4) is 0 Å². The first-order valence-corrected chi connectivity index (χ1v) is 4.50. The molecule has 0 aliphatic heterocycles. The van der Waals surface area contributed by atoms with Gasteiger partial charge in [-0.2, -0.15) is 10.4 Å². The number of benzene rings is 1. The molecule has 1 aromatic heterocycles. The Balaban J connectivity index is 2.61. The van der Waals surface area contributed by atoms with Gasteiger partial charge in [0.1, 0.15) is 0 Å². The van der Waals surface area contributed by atoms with Crippen LogP contribution in [0.25, 0.3) is 11.3 Å². The predicted octanol–water partition coefficient (Wildman–Crippen LogP) is 1.54. The Kier molecular flexibility index (Phi) is 2.14. The lowest BCUT2D eigenvalue weighted by molar-refractivity contribution is 0.771. The van der Waals surface area contributed by atoms with E-state index in [1.807, 2.05) is 19.3 Å². The average molecular weight is 198 g/mol. The monoisotopic (exact) mass is 198 g/mol. The number of nitrogens with zero attached hydrogens (tertiary/aromatic N) is 3. The molecule has 0 aliphatic carbocycles. The van der Waals surface area contributed by atoms with Gasteiger partial charge in [0.2, 0.25) is 0 Å². The van der Waals surface area contributed by atoms with Gasteiger partial charge in [-0.1, -0.05) is 0 Å². The number of nitriles is 1. The van der Waals surface area contributed by atoms with Crippen molar-refractivity contribution in [3.63, 3.8) is 0 Å². The molecule has 0 spiro atoms. The Bertz CT molecular complexity index is 534. The maximum Gasteiger partial charge on any atom is 0.0998 e. The maximum atomic E-state index is 8.95. The highest BCUT2D eigenvalue weighted by atomic mass is 15.2. The number of anilines is 1. The Morgan fingerprint density at radius 1 is 1.40 bits per heavy atom. The van der Waals surface area contributed by atoms with Crippen molar-refractivity contribution < 1.29 is 0 Å². The maximum absolute atomic E-state index is 8.95. The van der Waals surface area contributed by atoms with Crippen LogP contribution in [0, 0.1) is 11.3 Å². The molecule has 2 N–H and O–H groups in total. The minimum absolute atomic E-state index is 0.586. The van der Waals surface area contributed by atoms with Gasteiger partial charge in [0.25, 0.3) is 0 Å². The molecule has 4 nitrogen and oxygen atoms in total. The summed E-state index contributed by atoms with van der Waals surface area (Å²) in [5.74, 6) is 0. The van der Waals surface area contributed by atoms with Crippen molar-refractivity contribution in [3.8, 4) is 17.3 Å². The third-order valence-corrected chi connectivity index (χ3v) is 2.15. The molecular weight excluding hydrogens is 188 g/mol. The first-order chi connectivity index (χ1) is 7.20. The molecule has 74 valence electrons. The molecule has 0 aliphatic rings. The summed E-state index contributed by atoms with van der Waals surface area (Å²) in [6.45, 7) is 0. The molecule has 15 heavy (non-hydrogen) atoms. The van der Waals surface area contributed by atoms with Crippen molar-refractivity contribution in [2.24, 2.45) is 7.05 Å². The van der Waals surface area contributed by atoms with Crippen molar-refractivity contribution in [1.29, 1.82) is 5.26 Å². The molecule has 1 heterocycles. The lowest BCUT2D eigenvalue weighted by atomic mass is 10.1. The van der Waals surface area contributed by atoms with Gasteiger partial charge < -0.3 is 5.73 Å². The fraction of sp³-hybridized carbons (Fsp3) is 0.0909. The number of nitrogens with two attached hydrogens (primary N) is 1. The van der Waals surface area contributed by atoms with Crippen LogP contribution in [-0.2, 0) is 7.05 Å². The van der Waals surface area contributed by atoms with Crippen LogP contribution in [-0.4, -0.2) is 9.78 Å². The molecule has 0 fully saturated rings. The summed E-state index contributed by atoms with van der Waals surface area (Å²) in [6, 6.07) is 9.17. The normalized spacial score (nSPS) is 9.87. The highest BCUT2D eigenvalue weighted by molar-refractivity contribution is 5.70. The van der Waals surface area contributed by atoms with E-state index in [2.05, 4.69) is 11.2 Å². The van der Waals surface area contributed by atoms with Crippen LogP contribution in [0.2, 0.25) is 0 Å². The van der Waals surface area contributed by atoms with Crippen LogP contribution < -0.4 is 5.73 Å². The van der Waals surface area contributed by atoms with E-state index >= 15 is 0 Å². The van der Waals surface area contributed by atoms with E-state index in [1.165, 1.54) is 0 Å². The van der Waals surface area contributed by atoms with Crippen molar-refractivity contribution >= 4 is 5.69 Å². The quantitative estimate of drug-likeness (QED) is 0.707. The minimum Gasteiger partial charge on any atom is -0.399 e. The van der Waals surface area contributed by atoms with Crippen molar-refractivity contribution in [1.82, 2.24) is 9.78 Å². The second kappa shape index (κ2) is 3.46. The zero-order valence-electron chi connectivity index (χ0n) is 8.31. The molecule has 0 saturated heterocycles. The van der Waals surface area contributed by atoms with Crippen LogP contribution in [0.4, 0.5) is 5.69 Å². The molecule has 0 atom stereocenters. The topological polar surface area (TPSA) is 67.6 Å². The van der Waals surface area contributed by atoms with Gasteiger partial charge in [0, 0.05) is 24.5 Å². The number of hydrogen-bond acceptors (Lipinski definition) is 3. The third-order valence-electron chi connectivity index (χ3n) is 2.15. The summed E-state index contributed by atoms with van der Waals surface area (Å²) in [4.78, 5) is 0. The van der Waals surface area contributed by atoms with Crippen LogP contribution >= 0.6 is 0 Å². The van der Waals surface area contributed by atoms with E-state index in [4.69, 9.17) is 11.0 Å². The van der Waals surface area contributed by atoms with E-state index in [1.54, 1.807) is 22.9 Å². The zero-order valence-corrected chi connectivity index (χ0v) is 8.31. The molecule has 0 amide bonds. The summed E-state index contributed by atoms with van der Waals surface area (Å²) >= 11 is 0. The lowest BCUT2D eigenvalue weighted by Crippen LogP contribution is -1.92. The van der Waals surface area contributed by atoms with E-state index in [-0.39, 0.29) is 0 Å². The zero-order chi connectivity index (χ0) is 10.8. The Morgan fingerprint density at radius 3 is 2.80 bits per heavy atom. The van der Waals surface area contributed by atoms with Gasteiger partial charge in [-0.3, -0.25) is 4.68 Å². The minimum atomic E-state index is 0.586. The van der Waals surface area contributed by atoms with E-state index in [0.29, 0.717) is 11.3 Å². The lowest BCUT2D eigenvalue weighted by Gasteiger charge is -2.01. The Morgan fingerprint density at radius 2 is 2.20 bits per heavy atom. The average Bonchev–Trinajstić information content (AvgIpc) is 2.65. The van der Waals surface area contributed by atoms with Crippen LogP contribution in [0.5, 0.6) is 0 Å². The molecule has 4 heteroatoms. The summed E-state index contributed by atoms with van der Waals surface area (Å²) in [7, 11) is 1.84. The second-order valence-corrected chi connectivity index (χ2v) is 3.29. The van der Waals surface area contributed by atoms with Gasteiger partial charge >= 0.3 is 0 Å². The second-order valence-electron chi connectivity index (χ2n) is 3.29. The van der Waals surface area contributed by atoms with Crippen molar-refractivity contribution in [3.05, 3.63) is 36.0 Å². The molecule has 0 saturated carbocycles. The standard InChI is InChI=1S/C11H10N4/c1-15-5-4-11(14-15)10-6-9(13)3-2-8(10)7-12/h2-6H,13H2,1H3. The van der Waals surface area contributed by atoms with Gasteiger partial charge in [-0.25, -0.2) is 0 Å². The van der Waals surface area contributed by atoms with Crippen molar-refractivity contribution in [2.75, 3.05) is 5.73 Å². The smallest absolute Gasteiger partial charge is 0.0998 e. The third kappa shape index (κ3) is 1.67. The van der Waals surface area contributed by atoms with E-state index < -0.39 is 0 Å². The summed E-state index contributed by atoms with van der Waals surface area (Å²) < 4.78 is 1.69. The highest BCUT2D eigenvalue weighted by Crippen LogP contribution is 2.23. The molecule has 0 bridgehead atoms. The number of aromatic nitrogens is 2. The van der Waals surface area contributed by atoms with Crippen LogP contribution in [0.15, 0.2) is 30.5 Å². The number of hydrogen-bond donors (Lipinski definition) is 1. The van der Waals surface area contributed by atoms with Gasteiger partial charge in [-0.05, 0) is 24.3 Å². The fourth-order valence-electron chi connectivity index (χ4n) is 1.43. The molecule has 1 aromatic carbocycles. The fourth-order valence-corrected chi connectivity index (χ4v) is 1.43. The molecule has 2 aromatic rings. The molecule has 0 unspecified atom stereocenters. The van der Waals surface area contributed by atoms with Gasteiger partial charge in [-0.15, -0.1) is 0 Å².